The van der Waals surface area contributed by atoms with Gasteiger partial charge in [0.1, 0.15) is 0 Å². The summed E-state index contributed by atoms with van der Waals surface area (Å²) < 4.78 is 0. The highest BCUT2D eigenvalue weighted by atomic mass is 16.3. The fourth-order valence-corrected chi connectivity index (χ4v) is 6.65. The van der Waals surface area contributed by atoms with Crippen molar-refractivity contribution in [1.29, 1.82) is 0 Å². The van der Waals surface area contributed by atoms with Crippen LogP contribution < -0.4 is 0 Å². The Morgan fingerprint density at radius 3 is 2.57 bits per heavy atom. The molecule has 3 saturated carbocycles. The first-order chi connectivity index (χ1) is 14.1. The van der Waals surface area contributed by atoms with E-state index in [9.17, 15) is 15.3 Å². The van der Waals surface area contributed by atoms with Gasteiger partial charge in [-0.05, 0) is 91.6 Å². The van der Waals surface area contributed by atoms with Crippen LogP contribution in [0.25, 0.3) is 0 Å². The zero-order valence-corrected chi connectivity index (χ0v) is 19.6. The summed E-state index contributed by atoms with van der Waals surface area (Å²) in [5.74, 6) is 2.35. The van der Waals surface area contributed by atoms with Crippen molar-refractivity contribution in [2.24, 2.45) is 29.1 Å². The van der Waals surface area contributed by atoms with Crippen molar-refractivity contribution >= 4 is 0 Å². The second kappa shape index (κ2) is 9.71. The standard InChI is InChI=1S/C27H44O3/c1-17(2)25(29)13-8-18(3)23-11-12-24-20(7-6-14-27(23,24)5)9-10-21-15-22(28)16-26(30)19(21)4/h9-10,17-18,22-26,28-30H,4,6-8,11-16H2,1-3,5H3/b20-9+,21-10-/t18?,22-,23-,24+,25?,26+,27-/m1/s1. The first-order valence-electron chi connectivity index (χ1n) is 12.3. The molecule has 0 saturated heterocycles. The van der Waals surface area contributed by atoms with Crippen LogP contribution in [0.1, 0.15) is 85.5 Å². The molecule has 30 heavy (non-hydrogen) atoms. The lowest BCUT2D eigenvalue weighted by molar-refractivity contribution is 0.0717. The van der Waals surface area contributed by atoms with Gasteiger partial charge in [0.05, 0.1) is 18.3 Å². The third kappa shape index (κ3) is 4.95. The van der Waals surface area contributed by atoms with Gasteiger partial charge in [-0.15, -0.1) is 0 Å². The zero-order valence-electron chi connectivity index (χ0n) is 19.6. The van der Waals surface area contributed by atoms with Crippen LogP contribution in [0.4, 0.5) is 0 Å². The minimum Gasteiger partial charge on any atom is -0.393 e. The Bertz CT molecular complexity index is 676. The topological polar surface area (TPSA) is 60.7 Å². The average molecular weight is 417 g/mol. The molecule has 3 nitrogen and oxygen atoms in total. The highest BCUT2D eigenvalue weighted by Crippen LogP contribution is 2.60. The molecule has 3 N–H and O–H groups in total. The molecule has 0 radical (unpaired) electrons. The molecule has 3 heteroatoms. The molecule has 0 aromatic carbocycles. The molecule has 7 atom stereocenters. The van der Waals surface area contributed by atoms with E-state index in [1.165, 1.54) is 25.7 Å². The van der Waals surface area contributed by atoms with Crippen LogP contribution >= 0.6 is 0 Å². The number of hydrogen-bond acceptors (Lipinski definition) is 3. The molecule has 0 amide bonds. The minimum absolute atomic E-state index is 0.180. The molecule has 3 rings (SSSR count). The fraction of sp³-hybridized carbons (Fsp3) is 0.778. The van der Waals surface area contributed by atoms with Crippen LogP contribution in [0.15, 0.2) is 35.5 Å². The summed E-state index contributed by atoms with van der Waals surface area (Å²) in [7, 11) is 0. The summed E-state index contributed by atoms with van der Waals surface area (Å²) in [5.41, 5.74) is 3.69. The smallest absolute Gasteiger partial charge is 0.0811 e. The van der Waals surface area contributed by atoms with Crippen molar-refractivity contribution in [3.8, 4) is 0 Å². The Labute approximate surface area is 184 Å². The van der Waals surface area contributed by atoms with Crippen LogP contribution in [0.5, 0.6) is 0 Å². The molecule has 0 spiro atoms. The first kappa shape index (κ1) is 23.8. The van der Waals surface area contributed by atoms with Crippen molar-refractivity contribution in [2.75, 3.05) is 0 Å². The lowest BCUT2D eigenvalue weighted by Crippen LogP contribution is -2.36. The number of hydrogen-bond donors (Lipinski definition) is 3. The van der Waals surface area contributed by atoms with E-state index < -0.39 is 12.2 Å². The molecular formula is C27H44O3. The molecule has 3 aliphatic carbocycles. The second-order valence-corrected chi connectivity index (χ2v) is 11.0. The highest BCUT2D eigenvalue weighted by molar-refractivity contribution is 5.38. The van der Waals surface area contributed by atoms with Crippen LogP contribution in [0, 0.1) is 29.1 Å². The molecular weight excluding hydrogens is 372 g/mol. The van der Waals surface area contributed by atoms with E-state index in [1.54, 1.807) is 5.57 Å². The maximum atomic E-state index is 10.3. The molecule has 2 unspecified atom stereocenters. The van der Waals surface area contributed by atoms with Gasteiger partial charge in [0.25, 0.3) is 0 Å². The molecule has 3 aliphatic rings. The lowest BCUT2D eigenvalue weighted by atomic mass is 9.60. The summed E-state index contributed by atoms with van der Waals surface area (Å²) in [5, 5.41) is 30.4. The maximum Gasteiger partial charge on any atom is 0.0811 e. The Hall–Kier alpha value is -0.900. The van der Waals surface area contributed by atoms with Gasteiger partial charge in [0, 0.05) is 6.42 Å². The van der Waals surface area contributed by atoms with Gasteiger partial charge in [0.2, 0.25) is 0 Å². The van der Waals surface area contributed by atoms with E-state index >= 15 is 0 Å². The summed E-state index contributed by atoms with van der Waals surface area (Å²) in [6, 6.07) is 0. The molecule has 0 aromatic heterocycles. The molecule has 170 valence electrons. The van der Waals surface area contributed by atoms with Crippen LogP contribution in [-0.2, 0) is 0 Å². The number of allylic oxidation sites excluding steroid dienone is 3. The van der Waals surface area contributed by atoms with E-state index in [0.29, 0.717) is 36.0 Å². The summed E-state index contributed by atoms with van der Waals surface area (Å²) in [6.45, 7) is 13.2. The van der Waals surface area contributed by atoms with Gasteiger partial charge in [-0.1, -0.05) is 52.0 Å². The summed E-state index contributed by atoms with van der Waals surface area (Å²) in [4.78, 5) is 0. The minimum atomic E-state index is -0.618. The van der Waals surface area contributed by atoms with Crippen molar-refractivity contribution in [3.05, 3.63) is 35.5 Å². The predicted octanol–water partition coefficient (Wildman–Crippen LogP) is 5.56. The van der Waals surface area contributed by atoms with E-state index in [4.69, 9.17) is 0 Å². The Morgan fingerprint density at radius 2 is 1.87 bits per heavy atom. The van der Waals surface area contributed by atoms with Gasteiger partial charge >= 0.3 is 0 Å². The number of fused-ring (bicyclic) bond motifs is 1. The second-order valence-electron chi connectivity index (χ2n) is 11.0. The monoisotopic (exact) mass is 416 g/mol. The third-order valence-corrected chi connectivity index (χ3v) is 8.68. The molecule has 0 aliphatic heterocycles. The SMILES string of the molecule is C=C1/C(=C\C=C2/CCC[C@]3(C)[C@@H](C(C)CCC(O)C(C)C)CC[C@@H]23)C[C@@H](O)C[C@@H]1O. The van der Waals surface area contributed by atoms with Crippen LogP contribution in [0.2, 0.25) is 0 Å². The Morgan fingerprint density at radius 1 is 1.13 bits per heavy atom. The van der Waals surface area contributed by atoms with Gasteiger partial charge in [-0.25, -0.2) is 0 Å². The predicted molar refractivity (Wildman–Crippen MR) is 124 cm³/mol. The molecule has 0 heterocycles. The fourth-order valence-electron chi connectivity index (χ4n) is 6.65. The Balaban J connectivity index is 1.72. The van der Waals surface area contributed by atoms with Crippen LogP contribution in [0.3, 0.4) is 0 Å². The highest BCUT2D eigenvalue weighted by Gasteiger charge is 2.50. The molecule has 0 aromatic rings. The Kier molecular flexibility index (Phi) is 7.69. The van der Waals surface area contributed by atoms with Gasteiger partial charge in [0.15, 0.2) is 0 Å². The number of rotatable bonds is 6. The summed E-state index contributed by atoms with van der Waals surface area (Å²) >= 11 is 0. The van der Waals surface area contributed by atoms with E-state index in [-0.39, 0.29) is 6.10 Å². The largest absolute Gasteiger partial charge is 0.393 e. The van der Waals surface area contributed by atoms with E-state index in [1.807, 2.05) is 0 Å². The van der Waals surface area contributed by atoms with E-state index in [0.717, 1.165) is 36.3 Å². The molecule has 0 bridgehead atoms. The van der Waals surface area contributed by atoms with Gasteiger partial charge in [-0.3, -0.25) is 0 Å². The van der Waals surface area contributed by atoms with Crippen molar-refractivity contribution in [3.63, 3.8) is 0 Å². The first-order valence-corrected chi connectivity index (χ1v) is 12.3. The van der Waals surface area contributed by atoms with Crippen LogP contribution in [-0.4, -0.2) is 33.6 Å². The number of aliphatic hydroxyl groups is 3. The third-order valence-electron chi connectivity index (χ3n) is 8.68. The van der Waals surface area contributed by atoms with Gasteiger partial charge < -0.3 is 15.3 Å². The van der Waals surface area contributed by atoms with E-state index in [2.05, 4.69) is 46.4 Å². The normalized spacial score (nSPS) is 39.5. The van der Waals surface area contributed by atoms with Crippen molar-refractivity contribution in [2.45, 2.75) is 104 Å². The van der Waals surface area contributed by atoms with Gasteiger partial charge in [-0.2, -0.15) is 0 Å². The number of aliphatic hydroxyl groups excluding tert-OH is 3. The average Bonchev–Trinajstić information content (AvgIpc) is 3.04. The zero-order chi connectivity index (χ0) is 22.1. The quantitative estimate of drug-likeness (QED) is 0.531. The maximum absolute atomic E-state index is 10.3. The summed E-state index contributed by atoms with van der Waals surface area (Å²) in [6.07, 6.45) is 12.4. The van der Waals surface area contributed by atoms with Crippen molar-refractivity contribution in [1.82, 2.24) is 0 Å². The molecule has 3 fully saturated rings. The lowest BCUT2D eigenvalue weighted by Gasteiger charge is -2.44. The van der Waals surface area contributed by atoms with Crippen molar-refractivity contribution < 1.29 is 15.3 Å².